The smallest absolute Gasteiger partial charge is 0.124 e. The molecule has 0 saturated carbocycles. The standard InChI is InChI=1S/C16H18FNO/c1-3-11-6-4-5-7-13(11)16(18)14-10-12(17)8-9-15(14)19-2/h4-10,16H,3,18H2,1-2H3. The molecule has 2 rings (SSSR count). The number of halogens is 1. The van der Waals surface area contributed by atoms with Gasteiger partial charge in [0, 0.05) is 5.56 Å². The third-order valence-electron chi connectivity index (χ3n) is 3.30. The van der Waals surface area contributed by atoms with Crippen LogP contribution in [0.5, 0.6) is 5.75 Å². The number of rotatable bonds is 4. The van der Waals surface area contributed by atoms with Crippen LogP contribution in [-0.2, 0) is 6.42 Å². The number of benzene rings is 2. The molecule has 0 aromatic heterocycles. The van der Waals surface area contributed by atoms with Crippen LogP contribution in [0.25, 0.3) is 0 Å². The van der Waals surface area contributed by atoms with Gasteiger partial charge in [0.1, 0.15) is 11.6 Å². The number of ether oxygens (including phenoxy) is 1. The van der Waals surface area contributed by atoms with Crippen LogP contribution >= 0.6 is 0 Å². The summed E-state index contributed by atoms with van der Waals surface area (Å²) in [5, 5.41) is 0. The molecule has 0 aliphatic carbocycles. The van der Waals surface area contributed by atoms with E-state index in [1.165, 1.54) is 17.7 Å². The molecule has 2 aromatic carbocycles. The first-order valence-electron chi connectivity index (χ1n) is 6.34. The second kappa shape index (κ2) is 5.85. The van der Waals surface area contributed by atoms with E-state index < -0.39 is 0 Å². The van der Waals surface area contributed by atoms with Crippen molar-refractivity contribution in [3.05, 3.63) is 65.0 Å². The van der Waals surface area contributed by atoms with Crippen LogP contribution in [0.3, 0.4) is 0 Å². The molecular weight excluding hydrogens is 241 g/mol. The number of aryl methyl sites for hydroxylation is 1. The summed E-state index contributed by atoms with van der Waals surface area (Å²) >= 11 is 0. The summed E-state index contributed by atoms with van der Waals surface area (Å²) < 4.78 is 18.7. The highest BCUT2D eigenvalue weighted by molar-refractivity contribution is 5.44. The highest BCUT2D eigenvalue weighted by atomic mass is 19.1. The van der Waals surface area contributed by atoms with Crippen LogP contribution in [0.15, 0.2) is 42.5 Å². The first-order chi connectivity index (χ1) is 9.17. The van der Waals surface area contributed by atoms with Crippen LogP contribution in [-0.4, -0.2) is 7.11 Å². The number of hydrogen-bond acceptors (Lipinski definition) is 2. The van der Waals surface area contributed by atoms with Crippen molar-refractivity contribution < 1.29 is 9.13 Å². The van der Waals surface area contributed by atoms with E-state index in [0.717, 1.165) is 12.0 Å². The second-order valence-electron chi connectivity index (χ2n) is 4.42. The first-order valence-corrected chi connectivity index (χ1v) is 6.34. The molecule has 2 aromatic rings. The third-order valence-corrected chi connectivity index (χ3v) is 3.30. The SMILES string of the molecule is CCc1ccccc1C(N)c1cc(F)ccc1OC. The lowest BCUT2D eigenvalue weighted by atomic mass is 9.93. The summed E-state index contributed by atoms with van der Waals surface area (Å²) in [6.45, 7) is 2.08. The first kappa shape index (κ1) is 13.6. The predicted molar refractivity (Wildman–Crippen MR) is 74.8 cm³/mol. The van der Waals surface area contributed by atoms with E-state index in [0.29, 0.717) is 11.3 Å². The highest BCUT2D eigenvalue weighted by Crippen LogP contribution is 2.30. The minimum Gasteiger partial charge on any atom is -0.496 e. The molecule has 0 bridgehead atoms. The Balaban J connectivity index is 2.49. The van der Waals surface area contributed by atoms with Gasteiger partial charge in [0.15, 0.2) is 0 Å². The zero-order chi connectivity index (χ0) is 13.8. The van der Waals surface area contributed by atoms with Crippen molar-refractivity contribution in [2.75, 3.05) is 7.11 Å². The topological polar surface area (TPSA) is 35.2 Å². The molecule has 0 aliphatic rings. The van der Waals surface area contributed by atoms with Crippen LogP contribution < -0.4 is 10.5 Å². The average molecular weight is 259 g/mol. The van der Waals surface area contributed by atoms with Crippen molar-refractivity contribution in [3.63, 3.8) is 0 Å². The predicted octanol–water partition coefficient (Wildman–Crippen LogP) is 3.44. The summed E-state index contributed by atoms with van der Waals surface area (Å²) in [5.74, 6) is 0.306. The molecule has 1 unspecified atom stereocenters. The Hall–Kier alpha value is -1.87. The maximum absolute atomic E-state index is 13.4. The monoisotopic (exact) mass is 259 g/mol. The lowest BCUT2D eigenvalue weighted by molar-refractivity contribution is 0.406. The van der Waals surface area contributed by atoms with Gasteiger partial charge in [-0.15, -0.1) is 0 Å². The van der Waals surface area contributed by atoms with E-state index in [-0.39, 0.29) is 11.9 Å². The summed E-state index contributed by atoms with van der Waals surface area (Å²) in [7, 11) is 1.56. The fourth-order valence-corrected chi connectivity index (χ4v) is 2.28. The number of nitrogens with two attached hydrogens (primary N) is 1. The van der Waals surface area contributed by atoms with Gasteiger partial charge in [-0.25, -0.2) is 4.39 Å². The molecule has 0 spiro atoms. The molecule has 100 valence electrons. The molecule has 0 heterocycles. The Bertz CT molecular complexity index is 568. The van der Waals surface area contributed by atoms with Gasteiger partial charge in [0.05, 0.1) is 13.2 Å². The fraction of sp³-hybridized carbons (Fsp3) is 0.250. The van der Waals surface area contributed by atoms with Gasteiger partial charge in [0.2, 0.25) is 0 Å². The third kappa shape index (κ3) is 2.76. The number of methoxy groups -OCH3 is 1. The van der Waals surface area contributed by atoms with Crippen LogP contribution in [0.4, 0.5) is 4.39 Å². The lowest BCUT2D eigenvalue weighted by Gasteiger charge is -2.18. The molecule has 0 saturated heterocycles. The summed E-state index contributed by atoms with van der Waals surface area (Å²) in [6, 6.07) is 12.0. The minimum atomic E-state index is -0.387. The molecule has 2 N–H and O–H groups in total. The Kier molecular flexibility index (Phi) is 4.17. The Morgan fingerprint density at radius 2 is 1.89 bits per heavy atom. The average Bonchev–Trinajstić information content (AvgIpc) is 2.46. The Morgan fingerprint density at radius 1 is 1.16 bits per heavy atom. The molecular formula is C16H18FNO. The van der Waals surface area contributed by atoms with E-state index in [1.807, 2.05) is 24.3 Å². The molecule has 1 atom stereocenters. The second-order valence-corrected chi connectivity index (χ2v) is 4.42. The van der Waals surface area contributed by atoms with E-state index in [1.54, 1.807) is 13.2 Å². The molecule has 19 heavy (non-hydrogen) atoms. The Morgan fingerprint density at radius 3 is 2.58 bits per heavy atom. The van der Waals surface area contributed by atoms with Crippen molar-refractivity contribution in [1.82, 2.24) is 0 Å². The van der Waals surface area contributed by atoms with Crippen molar-refractivity contribution >= 4 is 0 Å². The van der Waals surface area contributed by atoms with Gasteiger partial charge < -0.3 is 10.5 Å². The quantitative estimate of drug-likeness (QED) is 0.912. The molecule has 0 fully saturated rings. The van der Waals surface area contributed by atoms with Gasteiger partial charge >= 0.3 is 0 Å². The molecule has 2 nitrogen and oxygen atoms in total. The molecule has 0 amide bonds. The molecule has 0 aliphatic heterocycles. The van der Waals surface area contributed by atoms with Crippen molar-refractivity contribution in [1.29, 1.82) is 0 Å². The lowest BCUT2D eigenvalue weighted by Crippen LogP contribution is -2.15. The number of hydrogen-bond donors (Lipinski definition) is 1. The van der Waals surface area contributed by atoms with E-state index in [4.69, 9.17) is 10.5 Å². The fourth-order valence-electron chi connectivity index (χ4n) is 2.28. The van der Waals surface area contributed by atoms with E-state index in [9.17, 15) is 4.39 Å². The molecule has 0 radical (unpaired) electrons. The maximum atomic E-state index is 13.4. The summed E-state index contributed by atoms with van der Waals surface area (Å²) in [4.78, 5) is 0. The Labute approximate surface area is 113 Å². The van der Waals surface area contributed by atoms with Crippen molar-refractivity contribution in [2.24, 2.45) is 5.73 Å². The van der Waals surface area contributed by atoms with Gasteiger partial charge in [-0.1, -0.05) is 31.2 Å². The zero-order valence-electron chi connectivity index (χ0n) is 11.2. The van der Waals surface area contributed by atoms with Gasteiger partial charge in [-0.2, -0.15) is 0 Å². The summed E-state index contributed by atoms with van der Waals surface area (Å²) in [6.07, 6.45) is 0.890. The molecule has 3 heteroatoms. The van der Waals surface area contributed by atoms with Crippen LogP contribution in [0.1, 0.15) is 29.7 Å². The minimum absolute atomic E-state index is 0.305. The van der Waals surface area contributed by atoms with Crippen LogP contribution in [0, 0.1) is 5.82 Å². The van der Waals surface area contributed by atoms with E-state index in [2.05, 4.69) is 6.92 Å². The van der Waals surface area contributed by atoms with Crippen molar-refractivity contribution in [3.8, 4) is 5.75 Å². The highest BCUT2D eigenvalue weighted by Gasteiger charge is 2.17. The van der Waals surface area contributed by atoms with Crippen molar-refractivity contribution in [2.45, 2.75) is 19.4 Å². The van der Waals surface area contributed by atoms with E-state index >= 15 is 0 Å². The van der Waals surface area contributed by atoms with Crippen LogP contribution in [0.2, 0.25) is 0 Å². The summed E-state index contributed by atoms with van der Waals surface area (Å²) in [5.41, 5.74) is 9.14. The normalized spacial score (nSPS) is 12.2. The largest absolute Gasteiger partial charge is 0.496 e. The van der Waals surface area contributed by atoms with Gasteiger partial charge in [0.25, 0.3) is 0 Å². The maximum Gasteiger partial charge on any atom is 0.124 e. The van der Waals surface area contributed by atoms with Gasteiger partial charge in [-0.3, -0.25) is 0 Å². The zero-order valence-corrected chi connectivity index (χ0v) is 11.2. The van der Waals surface area contributed by atoms with Gasteiger partial charge in [-0.05, 0) is 35.7 Å².